The summed E-state index contributed by atoms with van der Waals surface area (Å²) in [5, 5.41) is 4.04. The van der Waals surface area contributed by atoms with Gasteiger partial charge in [-0.2, -0.15) is 0 Å². The molecule has 9 nitrogen and oxygen atoms in total. The molecule has 3 rings (SSSR count). The number of rotatable bonds is 0. The van der Waals surface area contributed by atoms with Crippen molar-refractivity contribution in [3.8, 4) is 11.5 Å². The highest BCUT2D eigenvalue weighted by Crippen LogP contribution is 2.36. The maximum absolute atomic E-state index is 11.9. The van der Waals surface area contributed by atoms with Crippen LogP contribution < -0.4 is 20.4 Å². The molecule has 0 amide bonds. The van der Waals surface area contributed by atoms with Crippen molar-refractivity contribution in [1.82, 2.24) is 5.32 Å². The highest BCUT2D eigenvalue weighted by Gasteiger charge is 2.15. The summed E-state index contributed by atoms with van der Waals surface area (Å²) in [5.74, 6) is 0.875. The Hall–Kier alpha value is -2.17. The van der Waals surface area contributed by atoms with E-state index in [4.69, 9.17) is 32.8 Å². The van der Waals surface area contributed by atoms with Crippen molar-refractivity contribution >= 4 is 11.0 Å². The minimum Gasteiger partial charge on any atom is -0.487 e. The minimum absolute atomic E-state index is 0.280. The van der Waals surface area contributed by atoms with Crippen molar-refractivity contribution in [3.63, 3.8) is 0 Å². The molecule has 0 saturated carbocycles. The number of ether oxygens (including phenoxy) is 6. The molecule has 2 heterocycles. The van der Waals surface area contributed by atoms with E-state index in [0.717, 1.165) is 24.0 Å². The molecule has 1 aliphatic rings. The molecule has 9 heteroatoms. The van der Waals surface area contributed by atoms with Crippen LogP contribution in [0.1, 0.15) is 5.56 Å². The van der Waals surface area contributed by atoms with E-state index >= 15 is 0 Å². The van der Waals surface area contributed by atoms with E-state index in [1.807, 2.05) is 19.1 Å². The highest BCUT2D eigenvalue weighted by atomic mass is 16.6. The zero-order chi connectivity index (χ0) is 21.7. The summed E-state index contributed by atoms with van der Waals surface area (Å²) in [4.78, 5) is 11.9. The van der Waals surface area contributed by atoms with E-state index in [2.05, 4.69) is 5.32 Å². The average molecular weight is 437 g/mol. The molecule has 0 unspecified atom stereocenters. The average Bonchev–Trinajstić information content (AvgIpc) is 2.75. The molecule has 0 spiro atoms. The number of benzene rings is 1. The van der Waals surface area contributed by atoms with Gasteiger partial charge in [0, 0.05) is 24.5 Å². The standard InChI is InChI=1S/C22H31NO8/c1-17-16-20(24)31-21-18(17)2-3-19-22(21)30-15-13-28-11-9-26-7-5-23-4-6-25-8-10-27-12-14-29-19/h2-3,16,23H,4-15H2,1H3. The summed E-state index contributed by atoms with van der Waals surface area (Å²) in [5.41, 5.74) is 0.743. The Morgan fingerprint density at radius 2 is 1.32 bits per heavy atom. The van der Waals surface area contributed by atoms with E-state index in [9.17, 15) is 4.79 Å². The van der Waals surface area contributed by atoms with Gasteiger partial charge >= 0.3 is 5.63 Å². The van der Waals surface area contributed by atoms with Gasteiger partial charge in [0.25, 0.3) is 0 Å². The van der Waals surface area contributed by atoms with Crippen molar-refractivity contribution in [2.45, 2.75) is 6.92 Å². The summed E-state index contributed by atoms with van der Waals surface area (Å²) in [7, 11) is 0. The van der Waals surface area contributed by atoms with Gasteiger partial charge in [-0.25, -0.2) is 4.79 Å². The number of aryl methyl sites for hydroxylation is 1. The predicted molar refractivity (Wildman–Crippen MR) is 114 cm³/mol. The Labute approximate surface area is 181 Å². The maximum atomic E-state index is 11.9. The molecular weight excluding hydrogens is 406 g/mol. The Morgan fingerprint density at radius 3 is 2.00 bits per heavy atom. The van der Waals surface area contributed by atoms with E-state index < -0.39 is 5.63 Å². The lowest BCUT2D eigenvalue weighted by atomic mass is 10.1. The SMILES string of the molecule is Cc1cc(=O)oc2c3c(ccc12)OCCOCCOCCNCCOCCOCCO3. The second kappa shape index (κ2) is 13.3. The molecule has 0 radical (unpaired) electrons. The van der Waals surface area contributed by atoms with Gasteiger partial charge in [-0.15, -0.1) is 0 Å². The molecule has 1 N–H and O–H groups in total. The van der Waals surface area contributed by atoms with Crippen LogP contribution in [-0.4, -0.2) is 79.2 Å². The van der Waals surface area contributed by atoms with Crippen molar-refractivity contribution < 1.29 is 32.8 Å². The van der Waals surface area contributed by atoms with Crippen molar-refractivity contribution in [3.05, 3.63) is 34.2 Å². The largest absolute Gasteiger partial charge is 0.487 e. The molecular formula is C22H31NO8. The minimum atomic E-state index is -0.435. The van der Waals surface area contributed by atoms with Crippen molar-refractivity contribution in [1.29, 1.82) is 0 Å². The molecule has 31 heavy (non-hydrogen) atoms. The van der Waals surface area contributed by atoms with Crippen LogP contribution >= 0.6 is 0 Å². The maximum Gasteiger partial charge on any atom is 0.336 e. The van der Waals surface area contributed by atoms with Crippen LogP contribution in [0.15, 0.2) is 27.4 Å². The Balaban J connectivity index is 1.67. The topological polar surface area (TPSA) is 97.6 Å². The number of nitrogens with one attached hydrogen (secondary N) is 1. The number of hydrogen-bond acceptors (Lipinski definition) is 9. The summed E-state index contributed by atoms with van der Waals surface area (Å²) in [6.45, 7) is 7.96. The molecule has 0 bridgehead atoms. The lowest BCUT2D eigenvalue weighted by Gasteiger charge is -2.15. The molecule has 1 aromatic heterocycles. The Bertz CT molecular complexity index is 853. The molecule has 172 valence electrons. The fourth-order valence-corrected chi connectivity index (χ4v) is 3.06. The third kappa shape index (κ3) is 7.79. The number of fused-ring (bicyclic) bond motifs is 3. The second-order valence-corrected chi connectivity index (χ2v) is 6.91. The first-order valence-electron chi connectivity index (χ1n) is 10.6. The van der Waals surface area contributed by atoms with E-state index in [-0.39, 0.29) is 6.61 Å². The van der Waals surface area contributed by atoms with Crippen LogP contribution in [0.5, 0.6) is 11.5 Å². The van der Waals surface area contributed by atoms with E-state index in [1.165, 1.54) is 6.07 Å². The molecule has 0 saturated heterocycles. The molecule has 0 aliphatic carbocycles. The van der Waals surface area contributed by atoms with Gasteiger partial charge in [-0.05, 0) is 24.6 Å². The van der Waals surface area contributed by atoms with Gasteiger partial charge in [-0.3, -0.25) is 0 Å². The summed E-state index contributed by atoms with van der Waals surface area (Å²) in [6, 6.07) is 5.12. The van der Waals surface area contributed by atoms with Crippen LogP contribution in [0.4, 0.5) is 0 Å². The Kier molecular flexibility index (Phi) is 10.1. The zero-order valence-corrected chi connectivity index (χ0v) is 18.0. The molecule has 1 aromatic carbocycles. The van der Waals surface area contributed by atoms with Crippen LogP contribution in [0, 0.1) is 6.92 Å². The molecule has 1 aliphatic heterocycles. The summed E-state index contributed by atoms with van der Waals surface area (Å²) < 4.78 is 39.3. The molecule has 0 fully saturated rings. The van der Waals surface area contributed by atoms with Crippen LogP contribution in [0.3, 0.4) is 0 Å². The van der Waals surface area contributed by atoms with E-state index in [0.29, 0.717) is 76.5 Å². The van der Waals surface area contributed by atoms with Gasteiger partial charge < -0.3 is 38.2 Å². The van der Waals surface area contributed by atoms with Gasteiger partial charge in [0.2, 0.25) is 5.75 Å². The summed E-state index contributed by atoms with van der Waals surface area (Å²) >= 11 is 0. The number of hydrogen-bond donors (Lipinski definition) is 1. The van der Waals surface area contributed by atoms with E-state index in [1.54, 1.807) is 0 Å². The first-order chi connectivity index (χ1) is 15.3. The van der Waals surface area contributed by atoms with Crippen LogP contribution in [-0.2, 0) is 18.9 Å². The third-order valence-electron chi connectivity index (χ3n) is 4.59. The molecule has 0 atom stereocenters. The van der Waals surface area contributed by atoms with Crippen LogP contribution in [0.25, 0.3) is 11.0 Å². The lowest BCUT2D eigenvalue weighted by molar-refractivity contribution is 0.0348. The second-order valence-electron chi connectivity index (χ2n) is 6.91. The van der Waals surface area contributed by atoms with Gasteiger partial charge in [0.1, 0.15) is 13.2 Å². The molecule has 2 aromatic rings. The third-order valence-corrected chi connectivity index (χ3v) is 4.59. The zero-order valence-electron chi connectivity index (χ0n) is 18.0. The van der Waals surface area contributed by atoms with Gasteiger partial charge in [-0.1, -0.05) is 0 Å². The lowest BCUT2D eigenvalue weighted by Crippen LogP contribution is -2.25. The monoisotopic (exact) mass is 437 g/mol. The Morgan fingerprint density at radius 1 is 0.742 bits per heavy atom. The van der Waals surface area contributed by atoms with Gasteiger partial charge in [0.15, 0.2) is 11.3 Å². The quantitative estimate of drug-likeness (QED) is 0.615. The van der Waals surface area contributed by atoms with Crippen molar-refractivity contribution in [2.24, 2.45) is 0 Å². The van der Waals surface area contributed by atoms with Crippen LogP contribution in [0.2, 0.25) is 0 Å². The first kappa shape index (κ1) is 23.5. The fraction of sp³-hybridized carbons (Fsp3) is 0.591. The smallest absolute Gasteiger partial charge is 0.336 e. The highest BCUT2D eigenvalue weighted by molar-refractivity contribution is 5.87. The van der Waals surface area contributed by atoms with Gasteiger partial charge in [0.05, 0.1) is 52.9 Å². The fourth-order valence-electron chi connectivity index (χ4n) is 3.06. The predicted octanol–water partition coefficient (Wildman–Crippen LogP) is 1.53. The normalized spacial score (nSPS) is 18.9. The summed E-state index contributed by atoms with van der Waals surface area (Å²) in [6.07, 6.45) is 0. The van der Waals surface area contributed by atoms with Crippen molar-refractivity contribution in [2.75, 3.05) is 79.2 Å². The first-order valence-corrected chi connectivity index (χ1v) is 10.6.